The molecule has 2 fully saturated rings. The zero-order valence-corrected chi connectivity index (χ0v) is 20.2. The summed E-state index contributed by atoms with van der Waals surface area (Å²) >= 11 is 0. The zero-order chi connectivity index (χ0) is 25.8. The summed E-state index contributed by atoms with van der Waals surface area (Å²) in [4.78, 5) is 32.6. The Balaban J connectivity index is 0.000000538. The Morgan fingerprint density at radius 2 is 1.42 bits per heavy atom. The van der Waals surface area contributed by atoms with Crippen molar-refractivity contribution in [2.75, 3.05) is 32.8 Å². The van der Waals surface area contributed by atoms with Gasteiger partial charge in [-0.05, 0) is 24.0 Å². The van der Waals surface area contributed by atoms with Gasteiger partial charge in [0.05, 0.1) is 25.7 Å². The average molecular weight is 500 g/mol. The number of carboxylic acid groups (broad SMARTS) is 2. The van der Waals surface area contributed by atoms with Crippen LogP contribution in [0.25, 0.3) is 0 Å². The van der Waals surface area contributed by atoms with E-state index < -0.39 is 11.9 Å². The first kappa shape index (κ1) is 27.3. The first-order chi connectivity index (χ1) is 17.4. The third-order valence-electron chi connectivity index (χ3n) is 6.07. The molecule has 4 rings (SSSR count). The summed E-state index contributed by atoms with van der Waals surface area (Å²) in [5, 5.41) is 14.8. The van der Waals surface area contributed by atoms with Crippen molar-refractivity contribution in [3.8, 4) is 0 Å². The monoisotopic (exact) mass is 499 g/mol. The Hall–Kier alpha value is -3.27. The van der Waals surface area contributed by atoms with Crippen molar-refractivity contribution >= 4 is 17.9 Å². The molecule has 9 heteroatoms. The highest BCUT2D eigenvalue weighted by Gasteiger charge is 2.26. The quantitative estimate of drug-likeness (QED) is 0.417. The molecule has 2 aromatic rings. The van der Waals surface area contributed by atoms with Gasteiger partial charge in [-0.1, -0.05) is 60.7 Å². The van der Waals surface area contributed by atoms with Crippen molar-refractivity contribution < 1.29 is 38.8 Å². The summed E-state index contributed by atoms with van der Waals surface area (Å²) in [6.45, 7) is 3.87. The number of esters is 1. The fourth-order valence-corrected chi connectivity index (χ4v) is 4.17. The van der Waals surface area contributed by atoms with Crippen LogP contribution in [-0.2, 0) is 28.6 Å². The summed E-state index contributed by atoms with van der Waals surface area (Å²) in [5.41, 5.74) is 2.37. The molecule has 9 nitrogen and oxygen atoms in total. The summed E-state index contributed by atoms with van der Waals surface area (Å²) in [5.74, 6) is -3.76. The summed E-state index contributed by atoms with van der Waals surface area (Å²) in [6, 6.07) is 20.9. The van der Waals surface area contributed by atoms with E-state index in [9.17, 15) is 4.79 Å². The van der Waals surface area contributed by atoms with Gasteiger partial charge in [0.25, 0.3) is 0 Å². The number of ether oxygens (including phenoxy) is 3. The minimum atomic E-state index is -1.82. The predicted molar refractivity (Wildman–Crippen MR) is 130 cm³/mol. The molecule has 2 aromatic carbocycles. The molecule has 0 bridgehead atoms. The van der Waals surface area contributed by atoms with Crippen molar-refractivity contribution in [3.05, 3.63) is 71.8 Å². The maximum atomic E-state index is 12.0. The van der Waals surface area contributed by atoms with Gasteiger partial charge in [0.2, 0.25) is 0 Å². The lowest BCUT2D eigenvalue weighted by Gasteiger charge is -2.34. The normalized spacial score (nSPS) is 18.3. The van der Waals surface area contributed by atoms with Crippen LogP contribution in [0.4, 0.5) is 0 Å². The maximum absolute atomic E-state index is 12.0. The molecule has 0 amide bonds. The van der Waals surface area contributed by atoms with Gasteiger partial charge >= 0.3 is 17.9 Å². The van der Waals surface area contributed by atoms with Gasteiger partial charge < -0.3 is 29.3 Å². The van der Waals surface area contributed by atoms with E-state index in [0.717, 1.165) is 38.9 Å². The molecule has 2 aliphatic rings. The molecule has 0 aliphatic carbocycles. The number of likely N-dealkylation sites (tertiary alicyclic amines) is 1. The Bertz CT molecular complexity index is 903. The number of piperidine rings is 1. The number of rotatable bonds is 8. The topological polar surface area (TPSA) is 123 Å². The average Bonchev–Trinajstić information content (AvgIpc) is 3.41. The molecule has 0 saturated carbocycles. The second kappa shape index (κ2) is 14.3. The van der Waals surface area contributed by atoms with Gasteiger partial charge in [0, 0.05) is 26.1 Å². The SMILES string of the molecule is O=C(CCN1CCC(OC(c2ccccc2)c2ccccc2)CC1)OC1CCOC1.O=C(O)C(=O)O. The van der Waals surface area contributed by atoms with Crippen LogP contribution >= 0.6 is 0 Å². The smallest absolute Gasteiger partial charge is 0.414 e. The van der Waals surface area contributed by atoms with E-state index in [1.54, 1.807) is 0 Å². The molecular formula is C27H33NO8. The van der Waals surface area contributed by atoms with Gasteiger partial charge in [-0.25, -0.2) is 9.59 Å². The van der Waals surface area contributed by atoms with Crippen molar-refractivity contribution in [2.45, 2.75) is 44.0 Å². The summed E-state index contributed by atoms with van der Waals surface area (Å²) < 4.78 is 17.3. The fourth-order valence-electron chi connectivity index (χ4n) is 4.17. The third kappa shape index (κ3) is 9.07. The molecule has 194 valence electrons. The third-order valence-corrected chi connectivity index (χ3v) is 6.07. The van der Waals surface area contributed by atoms with Gasteiger partial charge in [0.1, 0.15) is 12.2 Å². The molecule has 1 unspecified atom stereocenters. The van der Waals surface area contributed by atoms with Gasteiger partial charge in [-0.3, -0.25) is 4.79 Å². The molecule has 0 radical (unpaired) electrons. The number of carbonyl (C=O) groups is 3. The standard InChI is InChI=1S/C25H31NO4.C2H2O4/c27-24(29-23-14-18-28-19-23)13-17-26-15-11-22(12-16-26)30-25(20-7-3-1-4-8-20)21-9-5-2-6-10-21;3-1(4)2(5)6/h1-10,22-23,25H,11-19H2;(H,3,4)(H,5,6). The first-order valence-electron chi connectivity index (χ1n) is 12.1. The second-order valence-electron chi connectivity index (χ2n) is 8.71. The minimum Gasteiger partial charge on any atom is -0.473 e. The maximum Gasteiger partial charge on any atom is 0.414 e. The molecular weight excluding hydrogens is 466 g/mol. The highest BCUT2D eigenvalue weighted by molar-refractivity contribution is 6.27. The van der Waals surface area contributed by atoms with Crippen LogP contribution in [0, 0.1) is 0 Å². The van der Waals surface area contributed by atoms with E-state index in [-0.39, 0.29) is 24.3 Å². The van der Waals surface area contributed by atoms with E-state index in [0.29, 0.717) is 19.6 Å². The molecule has 1 atom stereocenters. The molecule has 2 aliphatic heterocycles. The largest absolute Gasteiger partial charge is 0.473 e. The van der Waals surface area contributed by atoms with E-state index in [4.69, 9.17) is 34.0 Å². The van der Waals surface area contributed by atoms with Gasteiger partial charge in [-0.15, -0.1) is 0 Å². The number of carbonyl (C=O) groups excluding carboxylic acids is 1. The lowest BCUT2D eigenvalue weighted by molar-refractivity contribution is -0.159. The number of benzene rings is 2. The molecule has 2 heterocycles. The van der Waals surface area contributed by atoms with Crippen LogP contribution in [0.5, 0.6) is 0 Å². The molecule has 2 N–H and O–H groups in total. The van der Waals surface area contributed by atoms with Gasteiger partial charge in [-0.2, -0.15) is 0 Å². The number of hydrogen-bond acceptors (Lipinski definition) is 7. The summed E-state index contributed by atoms with van der Waals surface area (Å²) in [7, 11) is 0. The highest BCUT2D eigenvalue weighted by Crippen LogP contribution is 2.30. The van der Waals surface area contributed by atoms with Crippen LogP contribution in [-0.4, -0.2) is 78.1 Å². The number of aliphatic carboxylic acids is 2. The molecule has 36 heavy (non-hydrogen) atoms. The lowest BCUT2D eigenvalue weighted by Crippen LogP contribution is -2.39. The van der Waals surface area contributed by atoms with Crippen LogP contribution in [0.2, 0.25) is 0 Å². The van der Waals surface area contributed by atoms with Crippen LogP contribution in [0.1, 0.15) is 42.9 Å². The summed E-state index contributed by atoms with van der Waals surface area (Å²) in [6.07, 6.45) is 3.33. The van der Waals surface area contributed by atoms with Crippen molar-refractivity contribution in [2.24, 2.45) is 0 Å². The Labute approximate surface area is 210 Å². The predicted octanol–water partition coefficient (Wildman–Crippen LogP) is 3.13. The van der Waals surface area contributed by atoms with Crippen molar-refractivity contribution in [1.82, 2.24) is 4.90 Å². The minimum absolute atomic E-state index is 0.0486. The molecule has 2 saturated heterocycles. The van der Waals surface area contributed by atoms with Crippen molar-refractivity contribution in [1.29, 1.82) is 0 Å². The second-order valence-corrected chi connectivity index (χ2v) is 8.71. The number of nitrogens with zero attached hydrogens (tertiary/aromatic N) is 1. The van der Waals surface area contributed by atoms with Crippen molar-refractivity contribution in [3.63, 3.8) is 0 Å². The first-order valence-corrected chi connectivity index (χ1v) is 12.1. The van der Waals surface area contributed by atoms with E-state index >= 15 is 0 Å². The Morgan fingerprint density at radius 1 is 0.861 bits per heavy atom. The van der Waals surface area contributed by atoms with Crippen LogP contribution in [0.3, 0.4) is 0 Å². The molecule has 0 spiro atoms. The Kier molecular flexibility index (Phi) is 10.9. The van der Waals surface area contributed by atoms with E-state index in [1.807, 2.05) is 12.1 Å². The highest BCUT2D eigenvalue weighted by atomic mass is 16.6. The number of hydrogen-bond donors (Lipinski definition) is 2. The fraction of sp³-hybridized carbons (Fsp3) is 0.444. The lowest BCUT2D eigenvalue weighted by atomic mass is 10.00. The number of carboxylic acids is 2. The zero-order valence-electron chi connectivity index (χ0n) is 20.2. The van der Waals surface area contributed by atoms with Crippen LogP contribution < -0.4 is 0 Å². The van der Waals surface area contributed by atoms with Gasteiger partial charge in [0.15, 0.2) is 0 Å². The van der Waals surface area contributed by atoms with Crippen LogP contribution in [0.15, 0.2) is 60.7 Å². The van der Waals surface area contributed by atoms with E-state index in [2.05, 4.69) is 53.4 Å². The molecule has 0 aromatic heterocycles. The Morgan fingerprint density at radius 3 is 1.89 bits per heavy atom. The van der Waals surface area contributed by atoms with E-state index in [1.165, 1.54) is 11.1 Å².